The molecule has 1 aromatic carbocycles. The largest absolute Gasteiger partial charge is 0.334 e. The first-order valence-corrected chi connectivity index (χ1v) is 10.3. The average Bonchev–Trinajstić information content (AvgIpc) is 3.09. The lowest BCUT2D eigenvalue weighted by molar-refractivity contribution is 0.858. The molecule has 0 aliphatic heterocycles. The number of aryl methyl sites for hydroxylation is 1. The van der Waals surface area contributed by atoms with E-state index in [9.17, 15) is 3.89 Å². The SMILES string of the molecule is CC(C)c1ccc(-c2ccccn2)cc1-c1nccn1C.CCC.CSF. The van der Waals surface area contributed by atoms with Crippen LogP contribution in [-0.2, 0) is 7.05 Å². The minimum atomic E-state index is 0.250. The molecule has 2 heterocycles. The van der Waals surface area contributed by atoms with Crippen molar-refractivity contribution < 1.29 is 3.89 Å². The number of hydrogen-bond donors (Lipinski definition) is 0. The van der Waals surface area contributed by atoms with Crippen LogP contribution in [0, 0.1) is 0 Å². The van der Waals surface area contributed by atoms with Gasteiger partial charge in [0.2, 0.25) is 0 Å². The summed E-state index contributed by atoms with van der Waals surface area (Å²) in [5, 5.41) is 0. The lowest BCUT2D eigenvalue weighted by atomic mass is 9.94. The molecular formula is C22H30FN3S. The van der Waals surface area contributed by atoms with E-state index in [-0.39, 0.29) is 12.1 Å². The Morgan fingerprint density at radius 2 is 1.74 bits per heavy atom. The first kappa shape index (κ1) is 22.9. The van der Waals surface area contributed by atoms with E-state index in [2.05, 4.69) is 60.4 Å². The summed E-state index contributed by atoms with van der Waals surface area (Å²) in [7, 11) is 2.03. The molecule has 0 bridgehead atoms. The van der Waals surface area contributed by atoms with Crippen molar-refractivity contribution in [3.63, 3.8) is 0 Å². The van der Waals surface area contributed by atoms with E-state index in [1.54, 1.807) is 0 Å². The predicted molar refractivity (Wildman–Crippen MR) is 117 cm³/mol. The summed E-state index contributed by atoms with van der Waals surface area (Å²) < 4.78 is 12.3. The Labute approximate surface area is 167 Å². The maximum atomic E-state index is 10.2. The van der Waals surface area contributed by atoms with Gasteiger partial charge in [0.15, 0.2) is 0 Å². The van der Waals surface area contributed by atoms with Gasteiger partial charge < -0.3 is 4.57 Å². The highest BCUT2D eigenvalue weighted by molar-refractivity contribution is 7.93. The summed E-state index contributed by atoms with van der Waals surface area (Å²) in [5.41, 5.74) is 4.60. The summed E-state index contributed by atoms with van der Waals surface area (Å²) >= 11 is 0.250. The van der Waals surface area contributed by atoms with Gasteiger partial charge in [-0.2, -0.15) is 3.89 Å². The third kappa shape index (κ3) is 6.83. The van der Waals surface area contributed by atoms with Crippen LogP contribution in [0.15, 0.2) is 55.0 Å². The Morgan fingerprint density at radius 3 is 2.22 bits per heavy atom. The summed E-state index contributed by atoms with van der Waals surface area (Å²) in [6.07, 6.45) is 8.27. The topological polar surface area (TPSA) is 30.7 Å². The zero-order chi connectivity index (χ0) is 20.2. The summed E-state index contributed by atoms with van der Waals surface area (Å²) in [5.74, 6) is 1.45. The highest BCUT2D eigenvalue weighted by Gasteiger charge is 2.13. The molecule has 0 aliphatic rings. The number of hydrogen-bond acceptors (Lipinski definition) is 3. The Morgan fingerprint density at radius 1 is 1.07 bits per heavy atom. The van der Waals surface area contributed by atoms with Gasteiger partial charge in [-0.25, -0.2) is 4.98 Å². The molecule has 0 aliphatic carbocycles. The molecule has 0 atom stereocenters. The van der Waals surface area contributed by atoms with E-state index >= 15 is 0 Å². The maximum absolute atomic E-state index is 10.2. The lowest BCUT2D eigenvalue weighted by Gasteiger charge is -2.14. The Bertz CT molecular complexity index is 783. The van der Waals surface area contributed by atoms with Crippen molar-refractivity contribution in [2.75, 3.05) is 6.26 Å². The molecule has 3 rings (SSSR count). The van der Waals surface area contributed by atoms with Crippen LogP contribution in [0.2, 0.25) is 0 Å². The average molecular weight is 388 g/mol. The molecule has 5 heteroatoms. The van der Waals surface area contributed by atoms with Crippen LogP contribution in [0.1, 0.15) is 45.6 Å². The zero-order valence-corrected chi connectivity index (χ0v) is 17.9. The van der Waals surface area contributed by atoms with Crippen molar-refractivity contribution >= 4 is 12.1 Å². The van der Waals surface area contributed by atoms with Crippen molar-refractivity contribution in [2.45, 2.75) is 40.0 Å². The molecule has 0 saturated carbocycles. The number of halogens is 1. The van der Waals surface area contributed by atoms with Crippen LogP contribution in [0.3, 0.4) is 0 Å². The summed E-state index contributed by atoms with van der Waals surface area (Å²) in [6.45, 7) is 8.67. The van der Waals surface area contributed by atoms with Gasteiger partial charge in [0.1, 0.15) is 5.82 Å². The van der Waals surface area contributed by atoms with E-state index in [0.717, 1.165) is 17.1 Å². The van der Waals surface area contributed by atoms with Crippen molar-refractivity contribution in [3.05, 3.63) is 60.6 Å². The van der Waals surface area contributed by atoms with Crippen LogP contribution < -0.4 is 0 Å². The summed E-state index contributed by atoms with van der Waals surface area (Å²) in [4.78, 5) is 8.95. The third-order valence-electron chi connectivity index (χ3n) is 3.70. The second-order valence-electron chi connectivity index (χ2n) is 6.39. The first-order valence-electron chi connectivity index (χ1n) is 9.17. The molecule has 0 unspecified atom stereocenters. The van der Waals surface area contributed by atoms with E-state index in [0.29, 0.717) is 5.92 Å². The van der Waals surface area contributed by atoms with Gasteiger partial charge in [-0.3, -0.25) is 4.98 Å². The molecule has 0 radical (unpaired) electrons. The number of aromatic nitrogens is 3. The van der Waals surface area contributed by atoms with E-state index in [1.807, 2.05) is 43.8 Å². The van der Waals surface area contributed by atoms with Crippen molar-refractivity contribution in [2.24, 2.45) is 7.05 Å². The number of imidazole rings is 1. The van der Waals surface area contributed by atoms with E-state index < -0.39 is 0 Å². The van der Waals surface area contributed by atoms with Gasteiger partial charge in [0.25, 0.3) is 0 Å². The standard InChI is InChI=1S/C18H19N3.C3H8.CH3FS/c1-13(2)15-8-7-14(17-6-4-5-9-19-17)12-16(15)18-20-10-11-21(18)3;2*1-3-2/h4-13H,1-3H3;3H2,1-2H3;1H3. The molecular weight excluding hydrogens is 357 g/mol. The number of pyridine rings is 1. The number of rotatable bonds is 3. The normalized spacial score (nSPS) is 9.93. The van der Waals surface area contributed by atoms with Crippen LogP contribution >= 0.6 is 12.1 Å². The van der Waals surface area contributed by atoms with Gasteiger partial charge in [-0.1, -0.05) is 52.3 Å². The minimum Gasteiger partial charge on any atom is -0.334 e. The lowest BCUT2D eigenvalue weighted by Crippen LogP contribution is -1.99. The first-order chi connectivity index (χ1) is 13.0. The van der Waals surface area contributed by atoms with Crippen LogP contribution in [0.4, 0.5) is 3.89 Å². The van der Waals surface area contributed by atoms with E-state index in [1.165, 1.54) is 23.8 Å². The van der Waals surface area contributed by atoms with Crippen LogP contribution in [0.5, 0.6) is 0 Å². The van der Waals surface area contributed by atoms with Gasteiger partial charge in [-0.15, -0.1) is 0 Å². The molecule has 146 valence electrons. The predicted octanol–water partition coefficient (Wildman–Crippen LogP) is 6.92. The Kier molecular flexibility index (Phi) is 10.4. The smallest absolute Gasteiger partial charge is 0.139 e. The molecule has 27 heavy (non-hydrogen) atoms. The molecule has 3 nitrogen and oxygen atoms in total. The number of benzene rings is 1. The Balaban J connectivity index is 0.000000540. The highest BCUT2D eigenvalue weighted by atomic mass is 32.2. The Hall–Kier alpha value is -2.14. The quantitative estimate of drug-likeness (QED) is 0.488. The molecule has 0 N–H and O–H groups in total. The molecule has 3 aromatic rings. The van der Waals surface area contributed by atoms with Crippen LogP contribution in [-0.4, -0.2) is 20.8 Å². The monoisotopic (exact) mass is 387 g/mol. The fraction of sp³-hybridized carbons (Fsp3) is 0.364. The minimum absolute atomic E-state index is 0.250. The molecule has 0 saturated heterocycles. The van der Waals surface area contributed by atoms with Gasteiger partial charge in [0, 0.05) is 55.2 Å². The van der Waals surface area contributed by atoms with E-state index in [4.69, 9.17) is 0 Å². The molecule has 0 fully saturated rings. The highest BCUT2D eigenvalue weighted by Crippen LogP contribution is 2.31. The molecule has 0 amide bonds. The van der Waals surface area contributed by atoms with Crippen LogP contribution in [0.25, 0.3) is 22.6 Å². The van der Waals surface area contributed by atoms with Crippen molar-refractivity contribution in [3.8, 4) is 22.6 Å². The molecule has 2 aromatic heterocycles. The van der Waals surface area contributed by atoms with Gasteiger partial charge >= 0.3 is 0 Å². The second kappa shape index (κ2) is 12.3. The van der Waals surface area contributed by atoms with Crippen molar-refractivity contribution in [1.29, 1.82) is 0 Å². The van der Waals surface area contributed by atoms with Gasteiger partial charge in [-0.05, 0) is 29.7 Å². The summed E-state index contributed by atoms with van der Waals surface area (Å²) in [6, 6.07) is 12.5. The van der Waals surface area contributed by atoms with Gasteiger partial charge in [0.05, 0.1) is 5.69 Å². The third-order valence-corrected chi connectivity index (χ3v) is 3.70. The molecule has 0 spiro atoms. The van der Waals surface area contributed by atoms with Crippen molar-refractivity contribution in [1.82, 2.24) is 14.5 Å². The second-order valence-corrected chi connectivity index (χ2v) is 6.70. The number of nitrogens with zero attached hydrogens (tertiary/aromatic N) is 3. The fourth-order valence-corrected chi connectivity index (χ4v) is 2.57. The maximum Gasteiger partial charge on any atom is 0.139 e. The fourth-order valence-electron chi connectivity index (χ4n) is 2.57. The zero-order valence-electron chi connectivity index (χ0n) is 17.1.